The summed E-state index contributed by atoms with van der Waals surface area (Å²) in [5.41, 5.74) is 1.85. The molecule has 1 atom stereocenters. The lowest BCUT2D eigenvalue weighted by Gasteiger charge is -2.13. The van der Waals surface area contributed by atoms with E-state index in [1.165, 1.54) is 19.1 Å². The van der Waals surface area contributed by atoms with Gasteiger partial charge in [-0.1, -0.05) is 23.8 Å². The number of carbonyl (C=O) groups excluding carboxylic acids is 2. The first kappa shape index (κ1) is 18.0. The van der Waals surface area contributed by atoms with Crippen molar-refractivity contribution < 1.29 is 24.2 Å². The predicted molar refractivity (Wildman–Crippen MR) is 89.6 cm³/mol. The predicted octanol–water partition coefficient (Wildman–Crippen LogP) is 3.41. The lowest BCUT2D eigenvalue weighted by molar-refractivity contribution is -0.132. The summed E-state index contributed by atoms with van der Waals surface area (Å²) in [5, 5.41) is 9.78. The average molecular weight is 349 g/mol. The third kappa shape index (κ3) is 4.57. The number of carbonyl (C=O) groups is 2. The third-order valence-corrected chi connectivity index (χ3v) is 3.53. The van der Waals surface area contributed by atoms with Crippen LogP contribution in [0.4, 0.5) is 0 Å². The number of ether oxygens (including phenoxy) is 2. The van der Waals surface area contributed by atoms with Crippen molar-refractivity contribution in [3.63, 3.8) is 0 Å². The molecule has 6 heteroatoms. The SMILES string of the molecule is CC(=O)Oc1cc(C(O)CCl)ccc1OC(=O)c1ccc(C)cc1. The third-order valence-electron chi connectivity index (χ3n) is 3.24. The highest BCUT2D eigenvalue weighted by Gasteiger charge is 2.17. The molecule has 0 heterocycles. The van der Waals surface area contributed by atoms with Crippen molar-refractivity contribution in [1.82, 2.24) is 0 Å². The molecule has 5 nitrogen and oxygen atoms in total. The molecule has 0 aromatic heterocycles. The summed E-state index contributed by atoms with van der Waals surface area (Å²) in [6, 6.07) is 11.3. The second kappa shape index (κ2) is 7.95. The molecule has 0 saturated heterocycles. The Labute approximate surface area is 144 Å². The van der Waals surface area contributed by atoms with Gasteiger partial charge in [0.05, 0.1) is 17.5 Å². The van der Waals surface area contributed by atoms with E-state index in [-0.39, 0.29) is 17.4 Å². The van der Waals surface area contributed by atoms with Crippen LogP contribution in [0, 0.1) is 6.92 Å². The Balaban J connectivity index is 2.29. The van der Waals surface area contributed by atoms with Crippen molar-refractivity contribution in [3.8, 4) is 11.5 Å². The van der Waals surface area contributed by atoms with Gasteiger partial charge in [-0.3, -0.25) is 4.79 Å². The molecule has 24 heavy (non-hydrogen) atoms. The maximum Gasteiger partial charge on any atom is 0.343 e. The Morgan fingerprint density at radius 2 is 1.75 bits per heavy atom. The fourth-order valence-corrected chi connectivity index (χ4v) is 2.17. The van der Waals surface area contributed by atoms with Gasteiger partial charge in [0, 0.05) is 6.92 Å². The lowest BCUT2D eigenvalue weighted by atomic mass is 10.1. The molecule has 2 rings (SSSR count). The van der Waals surface area contributed by atoms with E-state index in [1.54, 1.807) is 30.3 Å². The molecule has 2 aromatic rings. The second-order valence-corrected chi connectivity index (χ2v) is 5.53. The number of hydrogen-bond acceptors (Lipinski definition) is 5. The molecule has 1 unspecified atom stereocenters. The van der Waals surface area contributed by atoms with Gasteiger partial charge >= 0.3 is 11.9 Å². The summed E-state index contributed by atoms with van der Waals surface area (Å²) in [4.78, 5) is 23.5. The van der Waals surface area contributed by atoms with Gasteiger partial charge in [-0.05, 0) is 36.8 Å². The fourth-order valence-electron chi connectivity index (χ4n) is 1.99. The number of aliphatic hydroxyl groups is 1. The number of hydrogen-bond donors (Lipinski definition) is 1. The van der Waals surface area contributed by atoms with Gasteiger partial charge in [0.15, 0.2) is 11.5 Å². The second-order valence-electron chi connectivity index (χ2n) is 5.23. The Morgan fingerprint density at radius 1 is 1.08 bits per heavy atom. The first-order chi connectivity index (χ1) is 11.4. The molecule has 0 saturated carbocycles. The summed E-state index contributed by atoms with van der Waals surface area (Å²) < 4.78 is 10.4. The Morgan fingerprint density at radius 3 is 2.33 bits per heavy atom. The minimum Gasteiger partial charge on any atom is -0.423 e. The van der Waals surface area contributed by atoms with E-state index in [2.05, 4.69) is 0 Å². The lowest BCUT2D eigenvalue weighted by Crippen LogP contribution is -2.11. The summed E-state index contributed by atoms with van der Waals surface area (Å²) in [6.07, 6.45) is -0.914. The van der Waals surface area contributed by atoms with Crippen molar-refractivity contribution >= 4 is 23.5 Å². The van der Waals surface area contributed by atoms with Crippen molar-refractivity contribution in [3.05, 3.63) is 59.2 Å². The largest absolute Gasteiger partial charge is 0.423 e. The molecule has 0 aliphatic carbocycles. The van der Waals surface area contributed by atoms with Gasteiger partial charge in [-0.15, -0.1) is 11.6 Å². The normalized spacial score (nSPS) is 11.7. The van der Waals surface area contributed by atoms with Crippen LogP contribution in [-0.2, 0) is 4.79 Å². The molecular formula is C18H17ClO5. The molecular weight excluding hydrogens is 332 g/mol. The molecule has 0 radical (unpaired) electrons. The highest BCUT2D eigenvalue weighted by molar-refractivity contribution is 6.18. The minimum absolute atomic E-state index is 0.0119. The van der Waals surface area contributed by atoms with Crippen LogP contribution in [0.3, 0.4) is 0 Å². The monoisotopic (exact) mass is 348 g/mol. The van der Waals surface area contributed by atoms with E-state index in [1.807, 2.05) is 6.92 Å². The van der Waals surface area contributed by atoms with E-state index in [0.29, 0.717) is 11.1 Å². The molecule has 0 amide bonds. The fraction of sp³-hybridized carbons (Fsp3) is 0.222. The molecule has 2 aromatic carbocycles. The van der Waals surface area contributed by atoms with Crippen LogP contribution in [0.1, 0.15) is 34.5 Å². The van der Waals surface area contributed by atoms with E-state index < -0.39 is 18.0 Å². The van der Waals surface area contributed by atoms with E-state index in [0.717, 1.165) is 5.56 Å². The Hall–Kier alpha value is -2.37. The molecule has 126 valence electrons. The van der Waals surface area contributed by atoms with Crippen LogP contribution in [0.25, 0.3) is 0 Å². The van der Waals surface area contributed by atoms with Crippen LogP contribution < -0.4 is 9.47 Å². The van der Waals surface area contributed by atoms with Crippen LogP contribution in [0.5, 0.6) is 11.5 Å². The first-order valence-corrected chi connectivity index (χ1v) is 7.79. The molecule has 0 bridgehead atoms. The van der Waals surface area contributed by atoms with E-state index in [9.17, 15) is 14.7 Å². The van der Waals surface area contributed by atoms with Crippen molar-refractivity contribution in [2.45, 2.75) is 20.0 Å². The van der Waals surface area contributed by atoms with Gasteiger partial charge in [-0.2, -0.15) is 0 Å². The van der Waals surface area contributed by atoms with Crippen LogP contribution >= 0.6 is 11.6 Å². The van der Waals surface area contributed by atoms with Crippen molar-refractivity contribution in [2.75, 3.05) is 5.88 Å². The molecule has 0 aliphatic heterocycles. The number of esters is 2. The maximum atomic E-state index is 12.2. The smallest absolute Gasteiger partial charge is 0.343 e. The first-order valence-electron chi connectivity index (χ1n) is 7.26. The zero-order valence-electron chi connectivity index (χ0n) is 13.3. The van der Waals surface area contributed by atoms with Gasteiger partial charge in [0.25, 0.3) is 0 Å². The van der Waals surface area contributed by atoms with Crippen molar-refractivity contribution in [1.29, 1.82) is 0 Å². The highest BCUT2D eigenvalue weighted by Crippen LogP contribution is 2.31. The van der Waals surface area contributed by atoms with E-state index in [4.69, 9.17) is 21.1 Å². The van der Waals surface area contributed by atoms with Gasteiger partial charge in [0.2, 0.25) is 0 Å². The Bertz CT molecular complexity index is 740. The van der Waals surface area contributed by atoms with Gasteiger partial charge in [-0.25, -0.2) is 4.79 Å². The molecule has 0 fully saturated rings. The standard InChI is InChI=1S/C18H17ClO5/c1-11-3-5-13(6-4-11)18(22)24-16-8-7-14(15(21)10-19)9-17(16)23-12(2)20/h3-9,15,21H,10H2,1-2H3. The zero-order valence-corrected chi connectivity index (χ0v) is 14.0. The van der Waals surface area contributed by atoms with Crippen LogP contribution in [0.2, 0.25) is 0 Å². The molecule has 0 spiro atoms. The van der Waals surface area contributed by atoms with Crippen molar-refractivity contribution in [2.24, 2.45) is 0 Å². The van der Waals surface area contributed by atoms with Gasteiger partial charge < -0.3 is 14.6 Å². The summed E-state index contributed by atoms with van der Waals surface area (Å²) in [5.74, 6) is -1.03. The number of alkyl halides is 1. The Kier molecular flexibility index (Phi) is 5.95. The minimum atomic E-state index is -0.914. The number of aryl methyl sites for hydroxylation is 1. The topological polar surface area (TPSA) is 72.8 Å². The number of aliphatic hydroxyl groups excluding tert-OH is 1. The number of rotatable bonds is 5. The van der Waals surface area contributed by atoms with Crippen LogP contribution in [-0.4, -0.2) is 22.9 Å². The number of halogens is 1. The summed E-state index contributed by atoms with van der Waals surface area (Å²) in [7, 11) is 0. The zero-order chi connectivity index (χ0) is 17.7. The molecule has 1 N–H and O–H groups in total. The van der Waals surface area contributed by atoms with Gasteiger partial charge in [0.1, 0.15) is 0 Å². The average Bonchev–Trinajstić information content (AvgIpc) is 2.55. The van der Waals surface area contributed by atoms with E-state index >= 15 is 0 Å². The number of benzene rings is 2. The summed E-state index contributed by atoms with van der Waals surface area (Å²) in [6.45, 7) is 3.14. The maximum absolute atomic E-state index is 12.2. The van der Waals surface area contributed by atoms with Crippen LogP contribution in [0.15, 0.2) is 42.5 Å². The quantitative estimate of drug-likeness (QED) is 0.509. The summed E-state index contributed by atoms with van der Waals surface area (Å²) >= 11 is 5.62. The highest BCUT2D eigenvalue weighted by atomic mass is 35.5. The molecule has 0 aliphatic rings.